The largest absolute Gasteiger partial charge is 0.506 e. The molecule has 2 nitrogen and oxygen atoms in total. The second kappa shape index (κ2) is 9.51. The average molecular weight is 438 g/mol. The van der Waals surface area contributed by atoms with Crippen LogP contribution in [-0.2, 0) is 5.41 Å². The van der Waals surface area contributed by atoms with Crippen LogP contribution in [-0.4, -0.2) is 11.3 Å². The lowest BCUT2D eigenvalue weighted by Gasteiger charge is -2.21. The molecule has 3 heteroatoms. The quantitative estimate of drug-likeness (QED) is 0.293. The van der Waals surface area contributed by atoms with Crippen molar-refractivity contribution >= 4 is 35.7 Å². The fourth-order valence-corrected chi connectivity index (χ4v) is 6.03. The van der Waals surface area contributed by atoms with E-state index in [1.807, 2.05) is 24.4 Å². The van der Waals surface area contributed by atoms with Crippen molar-refractivity contribution in [2.24, 2.45) is 4.99 Å². The smallest absolute Gasteiger partial charge is 0.141 e. The molecule has 4 rings (SSSR count). The molecule has 0 fully saturated rings. The number of hydrogen-bond acceptors (Lipinski definition) is 2. The second-order valence-electron chi connectivity index (χ2n) is 8.78. The summed E-state index contributed by atoms with van der Waals surface area (Å²) in [5.74, 6) is 0.195. The van der Waals surface area contributed by atoms with Gasteiger partial charge in [0.1, 0.15) is 11.4 Å². The van der Waals surface area contributed by atoms with Crippen LogP contribution in [0.3, 0.4) is 0 Å². The van der Waals surface area contributed by atoms with E-state index >= 15 is 0 Å². The van der Waals surface area contributed by atoms with E-state index in [1.54, 1.807) is 6.07 Å². The van der Waals surface area contributed by atoms with E-state index in [0.29, 0.717) is 5.69 Å². The molecule has 32 heavy (non-hydrogen) atoms. The van der Waals surface area contributed by atoms with Crippen molar-refractivity contribution in [1.82, 2.24) is 0 Å². The summed E-state index contributed by atoms with van der Waals surface area (Å²) in [5.41, 5.74) is 2.79. The van der Waals surface area contributed by atoms with Crippen LogP contribution < -0.4 is 15.9 Å². The van der Waals surface area contributed by atoms with Gasteiger partial charge in [0, 0.05) is 11.8 Å². The van der Waals surface area contributed by atoms with Crippen LogP contribution in [0, 0.1) is 0 Å². The lowest BCUT2D eigenvalue weighted by molar-refractivity contribution is 0.475. The first-order chi connectivity index (χ1) is 15.4. The van der Waals surface area contributed by atoms with Gasteiger partial charge in [-0.15, -0.1) is 0 Å². The van der Waals surface area contributed by atoms with E-state index in [-0.39, 0.29) is 11.2 Å². The zero-order chi connectivity index (χ0) is 22.6. The van der Waals surface area contributed by atoms with Crippen LogP contribution in [0.4, 0.5) is 5.69 Å². The van der Waals surface area contributed by atoms with E-state index in [4.69, 9.17) is 4.99 Å². The Labute approximate surface area is 192 Å². The highest BCUT2D eigenvalue weighted by molar-refractivity contribution is 7.80. The minimum Gasteiger partial charge on any atom is -0.506 e. The molecular formula is C29H28NOP. The van der Waals surface area contributed by atoms with Crippen LogP contribution >= 0.6 is 7.92 Å². The molecule has 4 aromatic rings. The van der Waals surface area contributed by atoms with Gasteiger partial charge in [-0.3, -0.25) is 4.99 Å². The maximum absolute atomic E-state index is 10.4. The van der Waals surface area contributed by atoms with E-state index in [9.17, 15) is 5.11 Å². The third-order valence-corrected chi connectivity index (χ3v) is 7.91. The molecule has 0 saturated heterocycles. The molecule has 4 aromatic carbocycles. The number of phenolic OH excluding ortho intramolecular Hbond substituents is 1. The minimum atomic E-state index is -0.733. The first kappa shape index (κ1) is 22.0. The van der Waals surface area contributed by atoms with Crippen LogP contribution in [0.5, 0.6) is 5.75 Å². The van der Waals surface area contributed by atoms with E-state index in [1.165, 1.54) is 15.9 Å². The summed E-state index contributed by atoms with van der Waals surface area (Å²) >= 11 is 0. The van der Waals surface area contributed by atoms with Gasteiger partial charge in [0.2, 0.25) is 0 Å². The molecule has 0 aromatic heterocycles. The molecule has 0 radical (unpaired) electrons. The molecule has 0 aliphatic rings. The summed E-state index contributed by atoms with van der Waals surface area (Å²) in [6, 6.07) is 35.4. The molecule has 0 atom stereocenters. The Balaban J connectivity index is 1.79. The average Bonchev–Trinajstić information content (AvgIpc) is 2.80. The molecule has 1 N–H and O–H groups in total. The third kappa shape index (κ3) is 4.98. The van der Waals surface area contributed by atoms with Gasteiger partial charge in [-0.2, -0.15) is 0 Å². The summed E-state index contributed by atoms with van der Waals surface area (Å²) < 4.78 is 0. The second-order valence-corrected chi connectivity index (χ2v) is 11.0. The Morgan fingerprint density at radius 1 is 0.719 bits per heavy atom. The summed E-state index contributed by atoms with van der Waals surface area (Å²) in [4.78, 5) is 4.72. The van der Waals surface area contributed by atoms with Crippen LogP contribution in [0.15, 0.2) is 108 Å². The maximum atomic E-state index is 10.4. The Hall–Kier alpha value is -3.22. The predicted octanol–water partition coefficient (Wildman–Crippen LogP) is 6.20. The van der Waals surface area contributed by atoms with Gasteiger partial charge in [-0.1, -0.05) is 112 Å². The standard InChI is InChI=1S/C29H28NOP/c1-29(2,3)23-18-19-27(31)26(20-23)30-21-22-12-10-11-17-28(22)32(24-13-6-4-7-14-24)25-15-8-5-9-16-25/h4-21,31H,1-3H3/b30-21+. The highest BCUT2D eigenvalue weighted by Gasteiger charge is 2.19. The monoisotopic (exact) mass is 437 g/mol. The summed E-state index contributed by atoms with van der Waals surface area (Å²) in [7, 11) is -0.733. The highest BCUT2D eigenvalue weighted by Crippen LogP contribution is 2.35. The molecule has 160 valence electrons. The number of benzene rings is 4. The van der Waals surface area contributed by atoms with Crippen molar-refractivity contribution in [2.45, 2.75) is 26.2 Å². The van der Waals surface area contributed by atoms with Crippen LogP contribution in [0.25, 0.3) is 0 Å². The molecule has 0 saturated carbocycles. The van der Waals surface area contributed by atoms with Gasteiger partial charge in [0.05, 0.1) is 0 Å². The Morgan fingerprint density at radius 2 is 1.28 bits per heavy atom. The van der Waals surface area contributed by atoms with Gasteiger partial charge < -0.3 is 5.11 Å². The maximum Gasteiger partial charge on any atom is 0.141 e. The van der Waals surface area contributed by atoms with Gasteiger partial charge >= 0.3 is 0 Å². The van der Waals surface area contributed by atoms with Crippen molar-refractivity contribution in [3.63, 3.8) is 0 Å². The molecule has 0 unspecified atom stereocenters. The molecule has 0 amide bonds. The van der Waals surface area contributed by atoms with Crippen molar-refractivity contribution in [3.8, 4) is 5.75 Å². The molecule has 0 aliphatic carbocycles. The normalized spacial score (nSPS) is 11.9. The van der Waals surface area contributed by atoms with Gasteiger partial charge in [-0.25, -0.2) is 0 Å². The summed E-state index contributed by atoms with van der Waals surface area (Å²) in [6.07, 6.45) is 1.89. The van der Waals surface area contributed by atoms with Crippen molar-refractivity contribution in [1.29, 1.82) is 0 Å². The zero-order valence-corrected chi connectivity index (χ0v) is 19.6. The number of phenols is 1. The fraction of sp³-hybridized carbons (Fsp3) is 0.138. The van der Waals surface area contributed by atoms with E-state index in [2.05, 4.69) is 99.6 Å². The SMILES string of the molecule is CC(C)(C)c1ccc(O)c(/N=C/c2ccccc2P(c2ccccc2)c2ccccc2)c1. The lowest BCUT2D eigenvalue weighted by atomic mass is 9.87. The van der Waals surface area contributed by atoms with Crippen molar-refractivity contribution in [3.05, 3.63) is 114 Å². The minimum absolute atomic E-state index is 0.00911. The molecule has 0 aliphatic heterocycles. The lowest BCUT2D eigenvalue weighted by Crippen LogP contribution is -2.23. The summed E-state index contributed by atoms with van der Waals surface area (Å²) in [5, 5.41) is 14.2. The van der Waals surface area contributed by atoms with Crippen molar-refractivity contribution < 1.29 is 5.11 Å². The van der Waals surface area contributed by atoms with Gasteiger partial charge in [-0.05, 0) is 46.9 Å². The number of aliphatic imine (C=N–C) groups is 1. The van der Waals surface area contributed by atoms with Gasteiger partial charge in [0.15, 0.2) is 0 Å². The van der Waals surface area contributed by atoms with Crippen LogP contribution in [0.2, 0.25) is 0 Å². The van der Waals surface area contributed by atoms with E-state index < -0.39 is 7.92 Å². The zero-order valence-electron chi connectivity index (χ0n) is 18.7. The first-order valence-corrected chi connectivity index (χ1v) is 12.1. The van der Waals surface area contributed by atoms with E-state index in [0.717, 1.165) is 11.1 Å². The molecular weight excluding hydrogens is 409 g/mol. The molecule has 0 spiro atoms. The fourth-order valence-electron chi connectivity index (χ4n) is 3.61. The number of hydrogen-bond donors (Lipinski definition) is 1. The molecule has 0 heterocycles. The Bertz CT molecular complexity index is 1170. The summed E-state index contributed by atoms with van der Waals surface area (Å²) in [6.45, 7) is 6.49. The highest BCUT2D eigenvalue weighted by atomic mass is 31.1. The Kier molecular flexibility index (Phi) is 6.53. The number of nitrogens with zero attached hydrogens (tertiary/aromatic N) is 1. The number of rotatable bonds is 5. The molecule has 0 bridgehead atoms. The van der Waals surface area contributed by atoms with Crippen LogP contribution in [0.1, 0.15) is 31.9 Å². The number of aromatic hydroxyl groups is 1. The van der Waals surface area contributed by atoms with Crippen molar-refractivity contribution in [2.75, 3.05) is 0 Å². The first-order valence-electron chi connectivity index (χ1n) is 10.8. The Morgan fingerprint density at radius 3 is 1.88 bits per heavy atom. The van der Waals surface area contributed by atoms with Gasteiger partial charge in [0.25, 0.3) is 0 Å². The third-order valence-electron chi connectivity index (χ3n) is 5.39. The predicted molar refractivity (Wildman–Crippen MR) is 139 cm³/mol. The topological polar surface area (TPSA) is 32.6 Å².